The Balaban J connectivity index is 1.39. The lowest BCUT2D eigenvalue weighted by molar-refractivity contribution is -0.132. The van der Waals surface area contributed by atoms with Crippen LogP contribution in [0.25, 0.3) is 22.3 Å². The molecule has 0 unspecified atom stereocenters. The monoisotopic (exact) mass is 478 g/mol. The van der Waals surface area contributed by atoms with Crippen LogP contribution in [-0.4, -0.2) is 69.0 Å². The van der Waals surface area contributed by atoms with Gasteiger partial charge < -0.3 is 25.2 Å². The molecule has 1 aliphatic rings. The first-order chi connectivity index (χ1) is 16.9. The van der Waals surface area contributed by atoms with Gasteiger partial charge in [-0.05, 0) is 36.9 Å². The van der Waals surface area contributed by atoms with Gasteiger partial charge in [-0.1, -0.05) is 18.2 Å². The summed E-state index contributed by atoms with van der Waals surface area (Å²) in [4.78, 5) is 27.9. The number of likely N-dealkylation sites (N-methyl/N-ethyl adjacent to an activating group) is 1. The van der Waals surface area contributed by atoms with E-state index < -0.39 is 11.6 Å². The summed E-state index contributed by atoms with van der Waals surface area (Å²) in [6, 6.07) is 10.8. The van der Waals surface area contributed by atoms with Crippen LogP contribution in [0, 0.1) is 11.6 Å². The molecule has 1 saturated heterocycles. The summed E-state index contributed by atoms with van der Waals surface area (Å²) in [6.07, 6.45) is 1.74. The highest BCUT2D eigenvalue weighted by Crippen LogP contribution is 2.34. The SMILES string of the molecule is CN1CCN(C(=O)Cc2ccc(Nc3nc(-c4c(F)cccc4F)nc4c[nH]c(O)c34)cc2)CC1. The van der Waals surface area contributed by atoms with Gasteiger partial charge >= 0.3 is 0 Å². The van der Waals surface area contributed by atoms with E-state index in [1.54, 1.807) is 12.1 Å². The van der Waals surface area contributed by atoms with Crippen molar-refractivity contribution in [3.05, 3.63) is 65.9 Å². The minimum Gasteiger partial charge on any atom is -0.494 e. The lowest BCUT2D eigenvalue weighted by Crippen LogP contribution is -2.47. The number of piperazine rings is 1. The molecule has 1 fully saturated rings. The van der Waals surface area contributed by atoms with Crippen LogP contribution in [-0.2, 0) is 11.2 Å². The Bertz CT molecular complexity index is 1360. The highest BCUT2D eigenvalue weighted by Gasteiger charge is 2.21. The zero-order valence-electron chi connectivity index (χ0n) is 19.1. The van der Waals surface area contributed by atoms with Gasteiger partial charge in [0, 0.05) is 38.1 Å². The number of hydrogen-bond donors (Lipinski definition) is 3. The fraction of sp³-hybridized carbons (Fsp3) is 0.240. The molecule has 3 N–H and O–H groups in total. The second kappa shape index (κ2) is 9.30. The standard InChI is InChI=1S/C25H24F2N6O2/c1-32-9-11-33(12-10-32)20(34)13-15-5-7-16(8-6-15)29-24-22-19(14-28-25(22)35)30-23(31-24)21-17(26)3-2-4-18(21)27/h2-8,14,28,35H,9-13H2,1H3,(H,29,30,31). The molecule has 0 atom stereocenters. The molecule has 2 aromatic heterocycles. The zero-order chi connectivity index (χ0) is 24.5. The van der Waals surface area contributed by atoms with Gasteiger partial charge in [0.05, 0.1) is 17.5 Å². The number of benzene rings is 2. The van der Waals surface area contributed by atoms with E-state index in [9.17, 15) is 18.7 Å². The highest BCUT2D eigenvalue weighted by molar-refractivity contribution is 5.96. The molecule has 35 heavy (non-hydrogen) atoms. The Kier molecular flexibility index (Phi) is 6.04. The summed E-state index contributed by atoms with van der Waals surface area (Å²) in [5, 5.41) is 13.6. The summed E-state index contributed by atoms with van der Waals surface area (Å²) in [7, 11) is 2.04. The van der Waals surface area contributed by atoms with E-state index in [1.807, 2.05) is 24.1 Å². The quantitative estimate of drug-likeness (QED) is 0.405. The van der Waals surface area contributed by atoms with Crippen LogP contribution < -0.4 is 5.32 Å². The molecule has 0 spiro atoms. The normalized spacial score (nSPS) is 14.4. The largest absolute Gasteiger partial charge is 0.494 e. The minimum absolute atomic E-state index is 0.0881. The van der Waals surface area contributed by atoms with Crippen molar-refractivity contribution in [3.63, 3.8) is 0 Å². The van der Waals surface area contributed by atoms with Crippen molar-refractivity contribution in [1.29, 1.82) is 0 Å². The third kappa shape index (κ3) is 4.65. The molecule has 0 bridgehead atoms. The van der Waals surface area contributed by atoms with Crippen LogP contribution in [0.3, 0.4) is 0 Å². The fourth-order valence-electron chi connectivity index (χ4n) is 4.12. The first-order valence-electron chi connectivity index (χ1n) is 11.2. The van der Waals surface area contributed by atoms with E-state index in [4.69, 9.17) is 0 Å². The van der Waals surface area contributed by atoms with E-state index in [1.165, 1.54) is 12.3 Å². The number of halogens is 2. The predicted octanol–water partition coefficient (Wildman–Crippen LogP) is 3.67. The smallest absolute Gasteiger partial charge is 0.227 e. The van der Waals surface area contributed by atoms with Crippen molar-refractivity contribution in [2.45, 2.75) is 6.42 Å². The maximum absolute atomic E-state index is 14.4. The van der Waals surface area contributed by atoms with Gasteiger partial charge in [0.1, 0.15) is 22.8 Å². The summed E-state index contributed by atoms with van der Waals surface area (Å²) in [6.45, 7) is 3.19. The third-order valence-electron chi connectivity index (χ3n) is 6.13. The molecule has 10 heteroatoms. The Labute approximate surface area is 200 Å². The summed E-state index contributed by atoms with van der Waals surface area (Å²) < 4.78 is 28.7. The van der Waals surface area contributed by atoms with E-state index in [0.29, 0.717) is 23.0 Å². The van der Waals surface area contributed by atoms with Crippen LogP contribution in [0.5, 0.6) is 5.88 Å². The average Bonchev–Trinajstić information content (AvgIpc) is 3.21. The molecule has 5 rings (SSSR count). The van der Waals surface area contributed by atoms with Gasteiger partial charge in [-0.2, -0.15) is 0 Å². The molecule has 0 aliphatic carbocycles. The number of nitrogens with one attached hydrogen (secondary N) is 2. The van der Waals surface area contributed by atoms with Gasteiger partial charge in [0.25, 0.3) is 0 Å². The number of carbonyl (C=O) groups excluding carboxylic acids is 1. The fourth-order valence-corrected chi connectivity index (χ4v) is 4.12. The molecule has 0 radical (unpaired) electrons. The van der Waals surface area contributed by atoms with Crippen molar-refractivity contribution in [3.8, 4) is 17.3 Å². The van der Waals surface area contributed by atoms with Gasteiger partial charge in [-0.3, -0.25) is 4.79 Å². The number of aromatic nitrogens is 3. The number of nitrogens with zero attached hydrogens (tertiary/aromatic N) is 4. The molecule has 4 aromatic rings. The Morgan fingerprint density at radius 3 is 2.43 bits per heavy atom. The van der Waals surface area contributed by atoms with Crippen LogP contribution in [0.4, 0.5) is 20.3 Å². The van der Waals surface area contributed by atoms with E-state index >= 15 is 0 Å². The Morgan fingerprint density at radius 2 is 1.74 bits per heavy atom. The number of aromatic amines is 1. The topological polar surface area (TPSA) is 97.4 Å². The Hall–Kier alpha value is -4.05. The molecule has 3 heterocycles. The second-order valence-electron chi connectivity index (χ2n) is 8.57. The van der Waals surface area contributed by atoms with Crippen LogP contribution in [0.1, 0.15) is 5.56 Å². The van der Waals surface area contributed by atoms with E-state index in [0.717, 1.165) is 43.9 Å². The number of H-pyrrole nitrogens is 1. The Morgan fingerprint density at radius 1 is 1.06 bits per heavy atom. The number of carbonyl (C=O) groups is 1. The van der Waals surface area contributed by atoms with Crippen LogP contribution in [0.2, 0.25) is 0 Å². The average molecular weight is 479 g/mol. The molecule has 0 saturated carbocycles. The van der Waals surface area contributed by atoms with Gasteiger partial charge in [-0.25, -0.2) is 18.7 Å². The maximum atomic E-state index is 14.4. The molecule has 2 aromatic carbocycles. The molecule has 180 valence electrons. The number of amides is 1. The predicted molar refractivity (Wildman–Crippen MR) is 128 cm³/mol. The maximum Gasteiger partial charge on any atom is 0.227 e. The number of rotatable bonds is 5. The van der Waals surface area contributed by atoms with E-state index in [-0.39, 0.29) is 29.0 Å². The molecule has 8 nitrogen and oxygen atoms in total. The van der Waals surface area contributed by atoms with Crippen molar-refractivity contribution in [1.82, 2.24) is 24.8 Å². The van der Waals surface area contributed by atoms with Crippen molar-refractivity contribution in [2.75, 3.05) is 38.5 Å². The van der Waals surface area contributed by atoms with Gasteiger partial charge in [0.2, 0.25) is 11.8 Å². The number of anilines is 2. The number of aromatic hydroxyl groups is 1. The second-order valence-corrected chi connectivity index (χ2v) is 8.57. The lowest BCUT2D eigenvalue weighted by Gasteiger charge is -2.32. The first-order valence-corrected chi connectivity index (χ1v) is 11.2. The number of hydrogen-bond acceptors (Lipinski definition) is 6. The summed E-state index contributed by atoms with van der Waals surface area (Å²) in [5.74, 6) is -1.62. The minimum atomic E-state index is -0.788. The number of fused-ring (bicyclic) bond motifs is 1. The van der Waals surface area contributed by atoms with Gasteiger partial charge in [0.15, 0.2) is 5.82 Å². The highest BCUT2D eigenvalue weighted by atomic mass is 19.1. The molecule has 1 amide bonds. The molecular formula is C25H24F2N6O2. The summed E-state index contributed by atoms with van der Waals surface area (Å²) in [5.41, 5.74) is 1.44. The third-order valence-corrected chi connectivity index (χ3v) is 6.13. The van der Waals surface area contributed by atoms with Crippen LogP contribution in [0.15, 0.2) is 48.7 Å². The first kappa shape index (κ1) is 22.7. The van der Waals surface area contributed by atoms with Crippen molar-refractivity contribution < 1.29 is 18.7 Å². The van der Waals surface area contributed by atoms with Gasteiger partial charge in [-0.15, -0.1) is 0 Å². The summed E-state index contributed by atoms with van der Waals surface area (Å²) >= 11 is 0. The zero-order valence-corrected chi connectivity index (χ0v) is 19.1. The van der Waals surface area contributed by atoms with Crippen LogP contribution >= 0.6 is 0 Å². The molecular weight excluding hydrogens is 454 g/mol. The van der Waals surface area contributed by atoms with Crippen molar-refractivity contribution in [2.24, 2.45) is 0 Å². The van der Waals surface area contributed by atoms with E-state index in [2.05, 4.69) is 25.2 Å². The lowest BCUT2D eigenvalue weighted by atomic mass is 10.1. The van der Waals surface area contributed by atoms with Crippen molar-refractivity contribution >= 4 is 28.3 Å². The molecule has 1 aliphatic heterocycles.